The Bertz CT molecular complexity index is 422. The predicted octanol–water partition coefficient (Wildman–Crippen LogP) is 4.23. The minimum absolute atomic E-state index is 0.203. The van der Waals surface area contributed by atoms with E-state index in [4.69, 9.17) is 0 Å². The van der Waals surface area contributed by atoms with Crippen LogP contribution < -0.4 is 0 Å². The highest BCUT2D eigenvalue weighted by molar-refractivity contribution is 9.10. The number of ketones is 1. The highest BCUT2D eigenvalue weighted by Gasteiger charge is 2.38. The van der Waals surface area contributed by atoms with Gasteiger partial charge < -0.3 is 0 Å². The first-order valence-electron chi connectivity index (χ1n) is 5.48. The van der Waals surface area contributed by atoms with E-state index in [1.54, 1.807) is 11.8 Å². The second-order valence-electron chi connectivity index (χ2n) is 4.42. The highest BCUT2D eigenvalue weighted by Crippen LogP contribution is 2.41. The van der Waals surface area contributed by atoms with Crippen LogP contribution >= 0.6 is 27.7 Å². The minimum Gasteiger partial charge on any atom is -0.293 e. The molecule has 0 spiro atoms. The number of hydrogen-bond acceptors (Lipinski definition) is 2. The van der Waals surface area contributed by atoms with E-state index in [9.17, 15) is 4.79 Å². The molecule has 3 heteroatoms. The van der Waals surface area contributed by atoms with Crippen molar-refractivity contribution >= 4 is 33.5 Å². The molecular formula is C13H15BrOS. The van der Waals surface area contributed by atoms with Crippen molar-refractivity contribution in [2.75, 3.05) is 5.75 Å². The van der Waals surface area contributed by atoms with Gasteiger partial charge in [-0.1, -0.05) is 28.1 Å². The lowest BCUT2D eigenvalue weighted by molar-refractivity contribution is 0.0948. The van der Waals surface area contributed by atoms with Gasteiger partial charge in [0.1, 0.15) is 0 Å². The van der Waals surface area contributed by atoms with Gasteiger partial charge in [0.15, 0.2) is 5.78 Å². The quantitative estimate of drug-likeness (QED) is 0.760. The van der Waals surface area contributed by atoms with Crippen molar-refractivity contribution in [1.82, 2.24) is 0 Å². The molecule has 1 nitrogen and oxygen atoms in total. The highest BCUT2D eigenvalue weighted by atomic mass is 79.9. The first-order chi connectivity index (χ1) is 7.54. The molecule has 16 heavy (non-hydrogen) atoms. The Labute approximate surface area is 109 Å². The molecule has 1 aromatic carbocycles. The molecule has 1 saturated heterocycles. The van der Waals surface area contributed by atoms with Gasteiger partial charge in [0.05, 0.1) is 4.75 Å². The second-order valence-corrected chi connectivity index (χ2v) is 6.88. The van der Waals surface area contributed by atoms with E-state index in [0.29, 0.717) is 0 Å². The lowest BCUT2D eigenvalue weighted by atomic mass is 9.92. The van der Waals surface area contributed by atoms with Crippen LogP contribution in [0.2, 0.25) is 0 Å². The summed E-state index contributed by atoms with van der Waals surface area (Å²) in [7, 11) is 0. The zero-order valence-corrected chi connectivity index (χ0v) is 12.0. The normalized spacial score (nSPS) is 24.7. The third kappa shape index (κ3) is 2.07. The molecule has 0 aromatic heterocycles. The van der Waals surface area contributed by atoms with Gasteiger partial charge in [0.25, 0.3) is 0 Å². The molecule has 0 amide bonds. The molecule has 1 aromatic rings. The first kappa shape index (κ1) is 12.2. The fourth-order valence-electron chi connectivity index (χ4n) is 2.10. The number of carbonyl (C=O) groups is 1. The zero-order chi connectivity index (χ0) is 11.8. The van der Waals surface area contributed by atoms with Crippen LogP contribution in [0.5, 0.6) is 0 Å². The lowest BCUT2D eigenvalue weighted by Gasteiger charge is -2.22. The summed E-state index contributed by atoms with van der Waals surface area (Å²) in [6.45, 7) is 4.08. The van der Waals surface area contributed by atoms with Crippen molar-refractivity contribution < 1.29 is 4.79 Å². The van der Waals surface area contributed by atoms with E-state index in [-0.39, 0.29) is 10.5 Å². The summed E-state index contributed by atoms with van der Waals surface area (Å²) in [5.41, 5.74) is 1.92. The Morgan fingerprint density at radius 2 is 2.25 bits per heavy atom. The number of hydrogen-bond donors (Lipinski definition) is 0. The number of Topliss-reactive ketones (excluding diaryl/α,β-unsaturated/α-hetero) is 1. The molecule has 1 aliphatic rings. The number of benzene rings is 1. The van der Waals surface area contributed by atoms with Gasteiger partial charge in [0, 0.05) is 10.0 Å². The van der Waals surface area contributed by atoms with Crippen LogP contribution in [0.3, 0.4) is 0 Å². The molecule has 1 atom stereocenters. The third-order valence-corrected chi connectivity index (χ3v) is 5.59. The van der Waals surface area contributed by atoms with Crippen LogP contribution in [-0.4, -0.2) is 16.3 Å². The monoisotopic (exact) mass is 298 g/mol. The Kier molecular flexibility index (Phi) is 3.45. The van der Waals surface area contributed by atoms with Crippen LogP contribution in [0.1, 0.15) is 35.7 Å². The molecule has 0 aliphatic carbocycles. The summed E-state index contributed by atoms with van der Waals surface area (Å²) in [6, 6.07) is 5.86. The average Bonchev–Trinajstić information content (AvgIpc) is 2.70. The van der Waals surface area contributed by atoms with Gasteiger partial charge in [-0.05, 0) is 44.1 Å². The number of rotatable bonds is 2. The maximum Gasteiger partial charge on any atom is 0.178 e. The van der Waals surface area contributed by atoms with Crippen LogP contribution in [0.25, 0.3) is 0 Å². The van der Waals surface area contributed by atoms with Crippen molar-refractivity contribution in [3.05, 3.63) is 33.8 Å². The summed E-state index contributed by atoms with van der Waals surface area (Å²) in [4.78, 5) is 12.5. The van der Waals surface area contributed by atoms with Crippen molar-refractivity contribution in [1.29, 1.82) is 0 Å². The molecule has 0 saturated carbocycles. The van der Waals surface area contributed by atoms with Gasteiger partial charge in [-0.3, -0.25) is 4.79 Å². The van der Waals surface area contributed by atoms with Gasteiger partial charge >= 0.3 is 0 Å². The summed E-state index contributed by atoms with van der Waals surface area (Å²) >= 11 is 5.28. The third-order valence-electron chi connectivity index (χ3n) is 3.21. The van der Waals surface area contributed by atoms with Crippen molar-refractivity contribution in [3.63, 3.8) is 0 Å². The molecule has 1 fully saturated rings. The Morgan fingerprint density at radius 1 is 1.50 bits per heavy atom. The van der Waals surface area contributed by atoms with Crippen molar-refractivity contribution in [3.8, 4) is 0 Å². The molecule has 0 bridgehead atoms. The molecule has 1 heterocycles. The fourth-order valence-corrected chi connectivity index (χ4v) is 3.73. The smallest absolute Gasteiger partial charge is 0.178 e. The molecule has 0 radical (unpaired) electrons. The zero-order valence-electron chi connectivity index (χ0n) is 9.55. The second kappa shape index (κ2) is 4.53. The maximum atomic E-state index is 12.5. The van der Waals surface area contributed by atoms with Gasteiger partial charge in [-0.25, -0.2) is 0 Å². The van der Waals surface area contributed by atoms with Crippen molar-refractivity contribution in [2.24, 2.45) is 0 Å². The summed E-state index contributed by atoms with van der Waals surface area (Å²) in [5.74, 6) is 1.39. The maximum absolute atomic E-state index is 12.5. The van der Waals surface area contributed by atoms with Crippen LogP contribution in [0.4, 0.5) is 0 Å². The number of halogens is 1. The van der Waals surface area contributed by atoms with E-state index in [1.165, 1.54) is 0 Å². The van der Waals surface area contributed by atoms with E-state index in [2.05, 4.69) is 22.9 Å². The van der Waals surface area contributed by atoms with E-state index in [0.717, 1.165) is 34.2 Å². The van der Waals surface area contributed by atoms with Gasteiger partial charge in [0.2, 0.25) is 0 Å². The predicted molar refractivity (Wildman–Crippen MR) is 73.3 cm³/mol. The molecule has 2 rings (SSSR count). The fraction of sp³-hybridized carbons (Fsp3) is 0.462. The number of thioether (sulfide) groups is 1. The topological polar surface area (TPSA) is 17.1 Å². The van der Waals surface area contributed by atoms with Gasteiger partial charge in [-0.15, -0.1) is 11.8 Å². The summed E-state index contributed by atoms with van der Waals surface area (Å²) in [5, 5.41) is 0. The van der Waals surface area contributed by atoms with Crippen molar-refractivity contribution in [2.45, 2.75) is 31.4 Å². The Hall–Kier alpha value is -0.280. The molecule has 86 valence electrons. The average molecular weight is 299 g/mol. The van der Waals surface area contributed by atoms with E-state index < -0.39 is 0 Å². The first-order valence-corrected chi connectivity index (χ1v) is 7.26. The van der Waals surface area contributed by atoms with Crippen LogP contribution in [-0.2, 0) is 0 Å². The number of carbonyl (C=O) groups excluding carboxylic acids is 1. The van der Waals surface area contributed by atoms with E-state index >= 15 is 0 Å². The Balaban J connectivity index is 2.37. The summed E-state index contributed by atoms with van der Waals surface area (Å²) in [6.07, 6.45) is 2.16. The van der Waals surface area contributed by atoms with Crippen LogP contribution in [0, 0.1) is 6.92 Å². The molecular weight excluding hydrogens is 284 g/mol. The van der Waals surface area contributed by atoms with Crippen LogP contribution in [0.15, 0.2) is 22.7 Å². The Morgan fingerprint density at radius 3 is 2.88 bits per heavy atom. The van der Waals surface area contributed by atoms with E-state index in [1.807, 2.05) is 25.1 Å². The molecule has 1 aliphatic heterocycles. The lowest BCUT2D eigenvalue weighted by Crippen LogP contribution is -2.29. The largest absolute Gasteiger partial charge is 0.293 e. The standard InChI is InChI=1S/C13H15BrOS/c1-9-10(5-3-6-11(9)14)12(15)13(2)7-4-8-16-13/h3,5-6H,4,7-8H2,1-2H3. The molecule has 1 unspecified atom stereocenters. The summed E-state index contributed by atoms with van der Waals surface area (Å²) < 4.78 is 0.816. The minimum atomic E-state index is -0.203. The SMILES string of the molecule is Cc1c(Br)cccc1C(=O)C1(C)CCCS1. The molecule has 0 N–H and O–H groups in total. The van der Waals surface area contributed by atoms with Gasteiger partial charge in [-0.2, -0.15) is 0 Å².